The highest BCUT2D eigenvalue weighted by Gasteiger charge is 2.02. The maximum absolute atomic E-state index is 5.19. The van der Waals surface area contributed by atoms with E-state index in [1.807, 2.05) is 13.1 Å². The number of fused-ring (bicyclic) bond motifs is 1. The lowest BCUT2D eigenvalue weighted by Gasteiger charge is -1.89. The Kier molecular flexibility index (Phi) is 1.60. The molecule has 2 aromatic heterocycles. The minimum Gasteiger partial charge on any atom is -0.445 e. The van der Waals surface area contributed by atoms with Crippen LogP contribution in [0.1, 0.15) is 5.56 Å². The average molecular weight is 259 g/mol. The fourth-order valence-electron chi connectivity index (χ4n) is 0.993. The van der Waals surface area contributed by atoms with Gasteiger partial charge >= 0.3 is 0 Å². The summed E-state index contributed by atoms with van der Waals surface area (Å²) in [5.41, 5.74) is 1.89. The van der Waals surface area contributed by atoms with Gasteiger partial charge in [-0.25, -0.2) is 4.98 Å². The van der Waals surface area contributed by atoms with Gasteiger partial charge in [-0.15, -0.1) is 0 Å². The van der Waals surface area contributed by atoms with Gasteiger partial charge in [0, 0.05) is 6.20 Å². The molecule has 2 rings (SSSR count). The molecule has 0 unspecified atom stereocenters. The van der Waals surface area contributed by atoms with E-state index in [1.54, 1.807) is 6.26 Å². The van der Waals surface area contributed by atoms with Crippen LogP contribution in [0.4, 0.5) is 0 Å². The molecule has 0 bridgehead atoms. The molecule has 0 aromatic carbocycles. The normalized spacial score (nSPS) is 10.7. The molecule has 56 valence electrons. The summed E-state index contributed by atoms with van der Waals surface area (Å²) >= 11 is 2.24. The molecule has 0 aliphatic rings. The zero-order valence-electron chi connectivity index (χ0n) is 5.97. The van der Waals surface area contributed by atoms with Crippen molar-refractivity contribution in [2.45, 2.75) is 6.92 Å². The summed E-state index contributed by atoms with van der Waals surface area (Å²) in [6, 6.07) is 2.08. The molecule has 2 nitrogen and oxygen atoms in total. The molecular formula is C8H6INO. The smallest absolute Gasteiger partial charge is 0.226 e. The third-order valence-electron chi connectivity index (χ3n) is 1.52. The van der Waals surface area contributed by atoms with Gasteiger partial charge < -0.3 is 4.42 Å². The summed E-state index contributed by atoms with van der Waals surface area (Å²) in [5.74, 6) is 0. The van der Waals surface area contributed by atoms with Gasteiger partial charge in [-0.05, 0) is 41.1 Å². The Balaban J connectivity index is 2.87. The second-order valence-electron chi connectivity index (χ2n) is 2.45. The topological polar surface area (TPSA) is 26.0 Å². The molecule has 2 heterocycles. The van der Waals surface area contributed by atoms with Crippen LogP contribution in [-0.2, 0) is 0 Å². The molecule has 0 fully saturated rings. The molecule has 0 atom stereocenters. The van der Waals surface area contributed by atoms with Crippen molar-refractivity contribution < 1.29 is 4.42 Å². The first-order valence-corrected chi connectivity index (χ1v) is 4.34. The van der Waals surface area contributed by atoms with Crippen molar-refractivity contribution in [3.05, 3.63) is 27.7 Å². The molecule has 2 aromatic rings. The quantitative estimate of drug-likeness (QED) is 0.680. The van der Waals surface area contributed by atoms with Gasteiger partial charge in [0.15, 0.2) is 0 Å². The summed E-state index contributed by atoms with van der Waals surface area (Å²) in [4.78, 5) is 4.13. The zero-order valence-corrected chi connectivity index (χ0v) is 8.12. The zero-order chi connectivity index (χ0) is 7.84. The fourth-order valence-corrected chi connectivity index (χ4v) is 1.51. The van der Waals surface area contributed by atoms with Crippen molar-refractivity contribution in [3.63, 3.8) is 0 Å². The summed E-state index contributed by atoms with van der Waals surface area (Å²) in [5, 5.41) is 1.10. The van der Waals surface area contributed by atoms with Gasteiger partial charge in [0.2, 0.25) is 5.71 Å². The average Bonchev–Trinajstić information content (AvgIpc) is 2.33. The van der Waals surface area contributed by atoms with E-state index in [-0.39, 0.29) is 0 Å². The largest absolute Gasteiger partial charge is 0.445 e. The van der Waals surface area contributed by atoms with Gasteiger partial charge in [-0.2, -0.15) is 0 Å². The highest BCUT2D eigenvalue weighted by molar-refractivity contribution is 14.1. The Labute approximate surface area is 77.8 Å². The maximum Gasteiger partial charge on any atom is 0.226 e. The standard InChI is InChI=1S/C8H6INO/c1-5-2-6-7(9)4-11-8(6)10-3-5/h2-4H,1H3. The predicted molar refractivity (Wildman–Crippen MR) is 51.5 cm³/mol. The van der Waals surface area contributed by atoms with E-state index in [9.17, 15) is 0 Å². The number of aryl methyl sites for hydroxylation is 1. The Morgan fingerprint density at radius 2 is 2.36 bits per heavy atom. The van der Waals surface area contributed by atoms with E-state index in [0.717, 1.165) is 20.2 Å². The number of nitrogens with zero attached hydrogens (tertiary/aromatic N) is 1. The highest BCUT2D eigenvalue weighted by Crippen LogP contribution is 2.21. The first-order valence-electron chi connectivity index (χ1n) is 3.27. The number of hydrogen-bond acceptors (Lipinski definition) is 2. The summed E-state index contributed by atoms with van der Waals surface area (Å²) in [6.45, 7) is 2.02. The van der Waals surface area contributed by atoms with Crippen molar-refractivity contribution in [1.29, 1.82) is 0 Å². The minimum atomic E-state index is 0.722. The molecule has 0 saturated carbocycles. The van der Waals surface area contributed by atoms with Crippen LogP contribution in [-0.4, -0.2) is 4.98 Å². The Morgan fingerprint density at radius 1 is 1.55 bits per heavy atom. The van der Waals surface area contributed by atoms with Crippen LogP contribution in [0.5, 0.6) is 0 Å². The molecule has 0 N–H and O–H groups in total. The second kappa shape index (κ2) is 2.48. The van der Waals surface area contributed by atoms with Crippen LogP contribution in [0.2, 0.25) is 0 Å². The van der Waals surface area contributed by atoms with Crippen molar-refractivity contribution in [3.8, 4) is 0 Å². The van der Waals surface area contributed by atoms with Crippen molar-refractivity contribution in [2.24, 2.45) is 0 Å². The first kappa shape index (κ1) is 7.09. The number of hydrogen-bond donors (Lipinski definition) is 0. The van der Waals surface area contributed by atoms with Crippen LogP contribution < -0.4 is 0 Å². The number of rotatable bonds is 0. The van der Waals surface area contributed by atoms with Crippen molar-refractivity contribution in [1.82, 2.24) is 4.98 Å². The summed E-state index contributed by atoms with van der Waals surface area (Å²) < 4.78 is 6.30. The van der Waals surface area contributed by atoms with Crippen LogP contribution >= 0.6 is 22.6 Å². The summed E-state index contributed by atoms with van der Waals surface area (Å²) in [6.07, 6.45) is 3.53. The molecule has 0 aliphatic carbocycles. The molecular weight excluding hydrogens is 253 g/mol. The number of halogens is 1. The van der Waals surface area contributed by atoms with Gasteiger partial charge in [0.25, 0.3) is 0 Å². The van der Waals surface area contributed by atoms with Gasteiger partial charge in [-0.1, -0.05) is 0 Å². The van der Waals surface area contributed by atoms with E-state index in [4.69, 9.17) is 4.42 Å². The second-order valence-corrected chi connectivity index (χ2v) is 3.61. The van der Waals surface area contributed by atoms with Crippen LogP contribution in [0.15, 0.2) is 22.9 Å². The molecule has 0 radical (unpaired) electrons. The Bertz CT molecular complexity index is 394. The minimum absolute atomic E-state index is 0.722. The van der Waals surface area contributed by atoms with E-state index in [2.05, 4.69) is 33.6 Å². The molecule has 11 heavy (non-hydrogen) atoms. The number of aromatic nitrogens is 1. The van der Waals surface area contributed by atoms with Gasteiger partial charge in [-0.3, -0.25) is 0 Å². The van der Waals surface area contributed by atoms with Crippen LogP contribution in [0.25, 0.3) is 11.1 Å². The van der Waals surface area contributed by atoms with Crippen LogP contribution in [0, 0.1) is 10.5 Å². The SMILES string of the molecule is Cc1cnc2occ(I)c2c1. The number of pyridine rings is 1. The van der Waals surface area contributed by atoms with Gasteiger partial charge in [0.1, 0.15) is 6.26 Å². The Hall–Kier alpha value is -0.580. The molecule has 0 spiro atoms. The number of furan rings is 1. The van der Waals surface area contributed by atoms with Crippen LogP contribution in [0.3, 0.4) is 0 Å². The monoisotopic (exact) mass is 259 g/mol. The van der Waals surface area contributed by atoms with E-state index in [0.29, 0.717) is 0 Å². The maximum atomic E-state index is 5.19. The Morgan fingerprint density at radius 3 is 3.18 bits per heavy atom. The lowest BCUT2D eigenvalue weighted by Crippen LogP contribution is -1.76. The molecule has 0 aliphatic heterocycles. The van der Waals surface area contributed by atoms with Crippen molar-refractivity contribution in [2.75, 3.05) is 0 Å². The van der Waals surface area contributed by atoms with Crippen molar-refractivity contribution >= 4 is 33.7 Å². The molecule has 0 saturated heterocycles. The summed E-state index contributed by atoms with van der Waals surface area (Å²) in [7, 11) is 0. The third-order valence-corrected chi connectivity index (χ3v) is 2.35. The highest BCUT2D eigenvalue weighted by atomic mass is 127. The third kappa shape index (κ3) is 1.13. The van der Waals surface area contributed by atoms with E-state index < -0.39 is 0 Å². The van der Waals surface area contributed by atoms with E-state index in [1.165, 1.54) is 0 Å². The molecule has 0 amide bonds. The van der Waals surface area contributed by atoms with E-state index >= 15 is 0 Å². The molecule has 3 heteroatoms. The lowest BCUT2D eigenvalue weighted by molar-refractivity contribution is 0.601. The van der Waals surface area contributed by atoms with Gasteiger partial charge in [0.05, 0.1) is 8.96 Å². The fraction of sp³-hybridized carbons (Fsp3) is 0.125. The predicted octanol–water partition coefficient (Wildman–Crippen LogP) is 2.74. The lowest BCUT2D eigenvalue weighted by atomic mass is 10.2. The first-order chi connectivity index (χ1) is 5.27.